The predicted octanol–water partition coefficient (Wildman–Crippen LogP) is 1.88. The van der Waals surface area contributed by atoms with Crippen LogP contribution in [0, 0.1) is 10.1 Å². The molecule has 1 aromatic carbocycles. The van der Waals surface area contributed by atoms with Crippen molar-refractivity contribution in [1.29, 1.82) is 0 Å². The molecule has 22 heavy (non-hydrogen) atoms. The summed E-state index contributed by atoms with van der Waals surface area (Å²) in [6, 6.07) is 4.93. The van der Waals surface area contributed by atoms with Crippen LogP contribution in [0.25, 0.3) is 0 Å². The Morgan fingerprint density at radius 2 is 2.14 bits per heavy atom. The summed E-state index contributed by atoms with van der Waals surface area (Å²) in [4.78, 5) is 24.5. The van der Waals surface area contributed by atoms with Crippen LogP contribution < -0.4 is 10.6 Å². The number of nitrogens with zero attached hydrogens (tertiary/aromatic N) is 2. The lowest BCUT2D eigenvalue weighted by Crippen LogP contribution is -2.32. The lowest BCUT2D eigenvalue weighted by molar-refractivity contribution is -0.384. The van der Waals surface area contributed by atoms with Gasteiger partial charge in [-0.15, -0.1) is 12.4 Å². The smallest absolute Gasteiger partial charge is 0.293 e. The third-order valence-electron chi connectivity index (χ3n) is 3.42. The molecule has 1 aromatic rings. The highest BCUT2D eigenvalue weighted by Gasteiger charge is 2.26. The maximum absolute atomic E-state index is 12.2. The van der Waals surface area contributed by atoms with Gasteiger partial charge in [0.2, 0.25) is 0 Å². The van der Waals surface area contributed by atoms with E-state index in [2.05, 4.69) is 10.6 Å². The van der Waals surface area contributed by atoms with E-state index in [1.807, 2.05) is 7.05 Å². The summed E-state index contributed by atoms with van der Waals surface area (Å²) >= 11 is 0. The fraction of sp³-hybridized carbons (Fsp3) is 0.500. The summed E-state index contributed by atoms with van der Waals surface area (Å²) in [5.74, 6) is -0.216. The predicted molar refractivity (Wildman–Crippen MR) is 87.9 cm³/mol. The molecule has 0 atom stereocenters. The molecule has 0 heterocycles. The Morgan fingerprint density at radius 1 is 1.45 bits per heavy atom. The van der Waals surface area contributed by atoms with Crippen LogP contribution >= 0.6 is 12.4 Å². The largest absolute Gasteiger partial charge is 0.377 e. The number of halogens is 1. The topological polar surface area (TPSA) is 87.5 Å². The number of nitrogens with one attached hydrogen (secondary N) is 2. The number of amides is 1. The Labute approximate surface area is 135 Å². The van der Waals surface area contributed by atoms with Crippen LogP contribution in [-0.4, -0.2) is 49.0 Å². The number of benzene rings is 1. The molecule has 0 aromatic heterocycles. The number of rotatable bonds is 7. The zero-order chi connectivity index (χ0) is 15.4. The van der Waals surface area contributed by atoms with E-state index in [4.69, 9.17) is 0 Å². The highest BCUT2D eigenvalue weighted by molar-refractivity contribution is 5.95. The molecule has 0 radical (unpaired) electrons. The van der Waals surface area contributed by atoms with Gasteiger partial charge in [-0.25, -0.2) is 0 Å². The van der Waals surface area contributed by atoms with E-state index in [-0.39, 0.29) is 24.0 Å². The first kappa shape index (κ1) is 18.2. The van der Waals surface area contributed by atoms with E-state index >= 15 is 0 Å². The molecule has 1 amide bonds. The van der Waals surface area contributed by atoms with Crippen molar-refractivity contribution in [2.24, 2.45) is 0 Å². The van der Waals surface area contributed by atoms with Gasteiger partial charge in [-0.1, -0.05) is 0 Å². The Kier molecular flexibility index (Phi) is 6.58. The van der Waals surface area contributed by atoms with Gasteiger partial charge < -0.3 is 15.5 Å². The minimum Gasteiger partial charge on any atom is -0.377 e. The third-order valence-corrected chi connectivity index (χ3v) is 3.42. The molecule has 0 aliphatic heterocycles. The van der Waals surface area contributed by atoms with Gasteiger partial charge in [0.25, 0.3) is 11.6 Å². The number of anilines is 1. The average Bonchev–Trinajstić information content (AvgIpc) is 3.28. The standard InChI is InChI=1S/C14H20N4O3.ClH/c1-15-7-8-17(2)14(19)10-3-6-12(16-11-4-5-11)13(9-10)18(20)21;/h3,6,9,11,15-16H,4-5,7-8H2,1-2H3;1H. The molecule has 1 aliphatic carbocycles. The highest BCUT2D eigenvalue weighted by atomic mass is 35.5. The molecule has 0 bridgehead atoms. The normalized spacial score (nSPS) is 13.2. The van der Waals surface area contributed by atoms with Crippen molar-refractivity contribution in [1.82, 2.24) is 10.2 Å². The summed E-state index contributed by atoms with van der Waals surface area (Å²) < 4.78 is 0. The number of likely N-dealkylation sites (N-methyl/N-ethyl adjacent to an activating group) is 2. The molecule has 0 unspecified atom stereocenters. The lowest BCUT2D eigenvalue weighted by atomic mass is 10.1. The molecule has 7 nitrogen and oxygen atoms in total. The molecule has 0 spiro atoms. The van der Waals surface area contributed by atoms with Crippen molar-refractivity contribution in [3.8, 4) is 0 Å². The van der Waals surface area contributed by atoms with Gasteiger partial charge in [0, 0.05) is 37.8 Å². The Balaban J connectivity index is 0.00000242. The molecule has 1 aliphatic rings. The fourth-order valence-corrected chi connectivity index (χ4v) is 1.99. The van der Waals surface area contributed by atoms with Gasteiger partial charge in [-0.2, -0.15) is 0 Å². The third kappa shape index (κ3) is 4.57. The summed E-state index contributed by atoms with van der Waals surface area (Å²) in [7, 11) is 3.49. The van der Waals surface area contributed by atoms with Crippen LogP contribution in [0.2, 0.25) is 0 Å². The van der Waals surface area contributed by atoms with Crippen molar-refractivity contribution in [3.05, 3.63) is 33.9 Å². The van der Waals surface area contributed by atoms with Crippen molar-refractivity contribution in [2.45, 2.75) is 18.9 Å². The van der Waals surface area contributed by atoms with Gasteiger partial charge in [0.1, 0.15) is 5.69 Å². The maximum atomic E-state index is 12.2. The van der Waals surface area contributed by atoms with Crippen LogP contribution in [0.15, 0.2) is 18.2 Å². The first-order valence-electron chi connectivity index (χ1n) is 6.98. The summed E-state index contributed by atoms with van der Waals surface area (Å²) in [5, 5.41) is 17.2. The molecule has 0 saturated heterocycles. The molecule has 1 saturated carbocycles. The second-order valence-corrected chi connectivity index (χ2v) is 5.24. The monoisotopic (exact) mass is 328 g/mol. The van der Waals surface area contributed by atoms with Crippen molar-refractivity contribution in [3.63, 3.8) is 0 Å². The van der Waals surface area contributed by atoms with E-state index in [0.717, 1.165) is 12.8 Å². The van der Waals surface area contributed by atoms with Gasteiger partial charge in [-0.3, -0.25) is 14.9 Å². The number of hydrogen-bond donors (Lipinski definition) is 2. The molecule has 8 heteroatoms. The van der Waals surface area contributed by atoms with E-state index in [1.165, 1.54) is 6.07 Å². The Hall–Kier alpha value is -1.86. The first-order chi connectivity index (χ1) is 10.0. The Bertz CT molecular complexity index is 549. The maximum Gasteiger partial charge on any atom is 0.293 e. The molecule has 1 fully saturated rings. The van der Waals surface area contributed by atoms with E-state index in [1.54, 1.807) is 24.1 Å². The number of carbonyl (C=O) groups is 1. The van der Waals surface area contributed by atoms with Crippen LogP contribution in [0.4, 0.5) is 11.4 Å². The molecular formula is C14H21ClN4O3. The van der Waals surface area contributed by atoms with Crippen LogP contribution in [0.3, 0.4) is 0 Å². The number of nitro benzene ring substituents is 1. The van der Waals surface area contributed by atoms with Gasteiger partial charge in [0.05, 0.1) is 4.92 Å². The highest BCUT2D eigenvalue weighted by Crippen LogP contribution is 2.31. The van der Waals surface area contributed by atoms with Gasteiger partial charge in [-0.05, 0) is 32.0 Å². The number of carbonyl (C=O) groups excluding carboxylic acids is 1. The molecule has 122 valence electrons. The van der Waals surface area contributed by atoms with Crippen molar-refractivity contribution < 1.29 is 9.72 Å². The Morgan fingerprint density at radius 3 is 2.68 bits per heavy atom. The van der Waals surface area contributed by atoms with E-state index in [9.17, 15) is 14.9 Å². The second kappa shape index (κ2) is 7.95. The van der Waals surface area contributed by atoms with Crippen LogP contribution in [0.5, 0.6) is 0 Å². The molecular weight excluding hydrogens is 308 g/mol. The zero-order valence-electron chi connectivity index (χ0n) is 12.7. The minimum absolute atomic E-state index is 0. The van der Waals surface area contributed by atoms with Gasteiger partial charge >= 0.3 is 0 Å². The minimum atomic E-state index is -0.449. The zero-order valence-corrected chi connectivity index (χ0v) is 13.5. The molecule has 2 N–H and O–H groups in total. The van der Waals surface area contributed by atoms with Crippen LogP contribution in [-0.2, 0) is 0 Å². The summed E-state index contributed by atoms with van der Waals surface area (Å²) in [6.07, 6.45) is 2.06. The van der Waals surface area contributed by atoms with Crippen molar-refractivity contribution >= 4 is 29.7 Å². The SMILES string of the molecule is CNCCN(C)C(=O)c1ccc(NC2CC2)c([N+](=O)[O-])c1.Cl. The number of nitro groups is 1. The second-order valence-electron chi connectivity index (χ2n) is 5.24. The fourth-order valence-electron chi connectivity index (χ4n) is 1.99. The first-order valence-corrected chi connectivity index (χ1v) is 6.98. The average molecular weight is 329 g/mol. The van der Waals surface area contributed by atoms with E-state index < -0.39 is 4.92 Å². The van der Waals surface area contributed by atoms with Gasteiger partial charge in [0.15, 0.2) is 0 Å². The summed E-state index contributed by atoms with van der Waals surface area (Å²) in [6.45, 7) is 1.22. The number of hydrogen-bond acceptors (Lipinski definition) is 5. The quantitative estimate of drug-likeness (QED) is 0.589. The lowest BCUT2D eigenvalue weighted by Gasteiger charge is -2.17. The van der Waals surface area contributed by atoms with E-state index in [0.29, 0.717) is 30.4 Å². The summed E-state index contributed by atoms with van der Waals surface area (Å²) in [5.41, 5.74) is 0.772. The van der Waals surface area contributed by atoms with Crippen molar-refractivity contribution in [2.75, 3.05) is 32.5 Å². The van der Waals surface area contributed by atoms with Crippen LogP contribution in [0.1, 0.15) is 23.2 Å². The molecule has 2 rings (SSSR count).